The van der Waals surface area contributed by atoms with Gasteiger partial charge in [0.1, 0.15) is 5.60 Å². The molecule has 0 spiro atoms. The number of hydrogen-bond acceptors (Lipinski definition) is 3. The SMILES string of the molecule is CCC(C)(O)C(=O)Cc1nn(C)c2ccccc12. The number of nitrogens with zero attached hydrogens (tertiary/aromatic N) is 2. The van der Waals surface area contributed by atoms with Crippen molar-refractivity contribution in [1.29, 1.82) is 0 Å². The van der Waals surface area contributed by atoms with Crippen LogP contribution in [-0.2, 0) is 18.3 Å². The van der Waals surface area contributed by atoms with E-state index in [1.165, 1.54) is 0 Å². The molecule has 96 valence electrons. The number of ketones is 1. The minimum absolute atomic E-state index is 0.169. The van der Waals surface area contributed by atoms with E-state index in [0.29, 0.717) is 6.42 Å². The Morgan fingerprint density at radius 3 is 2.78 bits per heavy atom. The van der Waals surface area contributed by atoms with Crippen LogP contribution in [0.5, 0.6) is 0 Å². The van der Waals surface area contributed by atoms with Crippen molar-refractivity contribution in [2.75, 3.05) is 0 Å². The number of para-hydroxylation sites is 1. The topological polar surface area (TPSA) is 55.1 Å². The second kappa shape index (κ2) is 4.53. The average Bonchev–Trinajstić information content (AvgIpc) is 2.67. The van der Waals surface area contributed by atoms with Gasteiger partial charge in [0, 0.05) is 12.4 Å². The third-order valence-corrected chi connectivity index (χ3v) is 3.45. The highest BCUT2D eigenvalue weighted by Gasteiger charge is 2.28. The van der Waals surface area contributed by atoms with Crippen molar-refractivity contribution in [2.24, 2.45) is 7.05 Å². The van der Waals surface area contributed by atoms with Gasteiger partial charge in [0.05, 0.1) is 17.6 Å². The Kier molecular flexibility index (Phi) is 3.22. The van der Waals surface area contributed by atoms with Crippen molar-refractivity contribution in [3.05, 3.63) is 30.0 Å². The van der Waals surface area contributed by atoms with Crippen molar-refractivity contribution in [3.63, 3.8) is 0 Å². The van der Waals surface area contributed by atoms with E-state index in [2.05, 4.69) is 5.10 Å². The van der Waals surface area contributed by atoms with Gasteiger partial charge in [-0.1, -0.05) is 25.1 Å². The molecule has 4 nitrogen and oxygen atoms in total. The number of aromatic nitrogens is 2. The summed E-state index contributed by atoms with van der Waals surface area (Å²) in [6.45, 7) is 3.36. The van der Waals surface area contributed by atoms with E-state index >= 15 is 0 Å². The van der Waals surface area contributed by atoms with Crippen molar-refractivity contribution < 1.29 is 9.90 Å². The predicted molar refractivity (Wildman–Crippen MR) is 70.3 cm³/mol. The molecule has 1 N–H and O–H groups in total. The molecule has 1 heterocycles. The lowest BCUT2D eigenvalue weighted by Crippen LogP contribution is -2.35. The number of aliphatic hydroxyl groups is 1. The zero-order valence-electron chi connectivity index (χ0n) is 11.0. The number of carbonyl (C=O) groups excluding carboxylic acids is 1. The fourth-order valence-corrected chi connectivity index (χ4v) is 1.96. The van der Waals surface area contributed by atoms with Crippen LogP contribution in [0.1, 0.15) is 26.0 Å². The maximum Gasteiger partial charge on any atom is 0.170 e. The first-order valence-corrected chi connectivity index (χ1v) is 6.12. The van der Waals surface area contributed by atoms with Crippen LogP contribution >= 0.6 is 0 Å². The third-order valence-electron chi connectivity index (χ3n) is 3.45. The first-order valence-electron chi connectivity index (χ1n) is 6.12. The van der Waals surface area contributed by atoms with Crippen LogP contribution < -0.4 is 0 Å². The van der Waals surface area contributed by atoms with E-state index in [0.717, 1.165) is 16.6 Å². The van der Waals surface area contributed by atoms with Crippen LogP contribution in [-0.4, -0.2) is 26.3 Å². The number of fused-ring (bicyclic) bond motifs is 1. The molecule has 2 rings (SSSR count). The van der Waals surface area contributed by atoms with E-state index in [-0.39, 0.29) is 12.2 Å². The highest BCUT2D eigenvalue weighted by atomic mass is 16.3. The molecule has 18 heavy (non-hydrogen) atoms. The van der Waals surface area contributed by atoms with Crippen molar-refractivity contribution >= 4 is 16.7 Å². The maximum atomic E-state index is 12.0. The van der Waals surface area contributed by atoms with Gasteiger partial charge in [-0.3, -0.25) is 9.48 Å². The fraction of sp³-hybridized carbons (Fsp3) is 0.429. The Morgan fingerprint density at radius 1 is 1.44 bits per heavy atom. The van der Waals surface area contributed by atoms with Crippen LogP contribution in [0.3, 0.4) is 0 Å². The van der Waals surface area contributed by atoms with Crippen molar-refractivity contribution in [1.82, 2.24) is 9.78 Å². The molecular weight excluding hydrogens is 228 g/mol. The molecule has 4 heteroatoms. The maximum absolute atomic E-state index is 12.0. The fourth-order valence-electron chi connectivity index (χ4n) is 1.96. The molecule has 0 aliphatic carbocycles. The minimum atomic E-state index is -1.27. The number of hydrogen-bond donors (Lipinski definition) is 1. The van der Waals surface area contributed by atoms with E-state index < -0.39 is 5.60 Å². The van der Waals surface area contributed by atoms with E-state index in [1.807, 2.05) is 31.3 Å². The summed E-state index contributed by atoms with van der Waals surface area (Å²) >= 11 is 0. The van der Waals surface area contributed by atoms with E-state index in [1.54, 1.807) is 18.5 Å². The first-order chi connectivity index (χ1) is 8.45. The quantitative estimate of drug-likeness (QED) is 0.895. The lowest BCUT2D eigenvalue weighted by Gasteiger charge is -2.18. The van der Waals surface area contributed by atoms with Gasteiger partial charge in [0.25, 0.3) is 0 Å². The van der Waals surface area contributed by atoms with Crippen LogP contribution in [0.4, 0.5) is 0 Å². The Balaban J connectivity index is 2.36. The van der Waals surface area contributed by atoms with Gasteiger partial charge in [-0.05, 0) is 19.4 Å². The summed E-state index contributed by atoms with van der Waals surface area (Å²) in [6.07, 6.45) is 0.582. The van der Waals surface area contributed by atoms with Crippen molar-refractivity contribution in [2.45, 2.75) is 32.3 Å². The molecule has 0 amide bonds. The summed E-state index contributed by atoms with van der Waals surface area (Å²) < 4.78 is 1.76. The number of rotatable bonds is 4. The van der Waals surface area contributed by atoms with Gasteiger partial charge >= 0.3 is 0 Å². The third kappa shape index (κ3) is 2.16. The highest BCUT2D eigenvalue weighted by Crippen LogP contribution is 2.20. The molecule has 0 saturated carbocycles. The summed E-state index contributed by atoms with van der Waals surface area (Å²) in [5.74, 6) is -0.186. The monoisotopic (exact) mass is 246 g/mol. The summed E-state index contributed by atoms with van der Waals surface area (Å²) in [4.78, 5) is 12.0. The largest absolute Gasteiger partial charge is 0.382 e. The Labute approximate surface area is 106 Å². The molecular formula is C14H18N2O2. The molecule has 0 aliphatic heterocycles. The number of aryl methyl sites for hydroxylation is 1. The molecule has 0 bridgehead atoms. The van der Waals surface area contributed by atoms with Gasteiger partial charge in [0.2, 0.25) is 0 Å². The second-order valence-corrected chi connectivity index (χ2v) is 4.81. The van der Waals surface area contributed by atoms with Gasteiger partial charge < -0.3 is 5.11 Å². The smallest absolute Gasteiger partial charge is 0.170 e. The minimum Gasteiger partial charge on any atom is -0.382 e. The second-order valence-electron chi connectivity index (χ2n) is 4.81. The molecule has 1 aromatic heterocycles. The lowest BCUT2D eigenvalue weighted by molar-refractivity contribution is -0.135. The molecule has 0 saturated heterocycles. The zero-order chi connectivity index (χ0) is 13.3. The summed E-state index contributed by atoms with van der Waals surface area (Å²) in [5.41, 5.74) is 0.460. The Bertz CT molecular complexity index is 584. The van der Waals surface area contributed by atoms with Crippen LogP contribution in [0.15, 0.2) is 24.3 Å². The Hall–Kier alpha value is -1.68. The van der Waals surface area contributed by atoms with Gasteiger partial charge in [-0.15, -0.1) is 0 Å². The van der Waals surface area contributed by atoms with Crippen LogP contribution in [0.25, 0.3) is 10.9 Å². The van der Waals surface area contributed by atoms with Crippen LogP contribution in [0, 0.1) is 0 Å². The predicted octanol–water partition coefficient (Wildman–Crippen LogP) is 1.85. The molecule has 2 aromatic rings. The zero-order valence-corrected chi connectivity index (χ0v) is 11.0. The number of Topliss-reactive ketones (excluding diaryl/α,β-unsaturated/α-hetero) is 1. The molecule has 0 radical (unpaired) electrons. The standard InChI is InChI=1S/C14H18N2O2/c1-4-14(2,18)13(17)9-11-10-7-5-6-8-12(10)16(3)15-11/h5-8,18H,4,9H2,1-3H3. The molecule has 1 unspecified atom stereocenters. The van der Waals surface area contributed by atoms with E-state index in [9.17, 15) is 9.90 Å². The highest BCUT2D eigenvalue weighted by molar-refractivity contribution is 5.92. The molecule has 1 aromatic carbocycles. The van der Waals surface area contributed by atoms with Crippen LogP contribution in [0.2, 0.25) is 0 Å². The summed E-state index contributed by atoms with van der Waals surface area (Å²) in [7, 11) is 1.86. The Morgan fingerprint density at radius 2 is 2.11 bits per heavy atom. The number of benzene rings is 1. The summed E-state index contributed by atoms with van der Waals surface area (Å²) in [6, 6.07) is 7.79. The molecule has 0 fully saturated rings. The number of carbonyl (C=O) groups is 1. The van der Waals surface area contributed by atoms with Crippen molar-refractivity contribution in [3.8, 4) is 0 Å². The first kappa shape index (κ1) is 12.8. The normalized spacial score (nSPS) is 14.7. The van der Waals surface area contributed by atoms with Gasteiger partial charge in [-0.25, -0.2) is 0 Å². The molecule has 1 atom stereocenters. The molecule has 0 aliphatic rings. The van der Waals surface area contributed by atoms with E-state index in [4.69, 9.17) is 0 Å². The lowest BCUT2D eigenvalue weighted by atomic mass is 9.94. The summed E-state index contributed by atoms with van der Waals surface area (Å²) in [5, 5.41) is 15.3. The average molecular weight is 246 g/mol. The van der Waals surface area contributed by atoms with Gasteiger partial charge in [0.15, 0.2) is 5.78 Å². The van der Waals surface area contributed by atoms with Gasteiger partial charge in [-0.2, -0.15) is 5.10 Å².